The van der Waals surface area contributed by atoms with E-state index in [0.717, 1.165) is 48.4 Å². The van der Waals surface area contributed by atoms with Crippen LogP contribution in [0.15, 0.2) is 60.9 Å². The Kier molecular flexibility index (Phi) is 4.47. The number of fused-ring (bicyclic) bond motifs is 1. The second-order valence-electron chi connectivity index (χ2n) is 8.11. The van der Waals surface area contributed by atoms with E-state index in [1.54, 1.807) is 0 Å². The average molecular weight is 388 g/mol. The Balaban J connectivity index is 1.66. The molecule has 2 aromatic carbocycles. The summed E-state index contributed by atoms with van der Waals surface area (Å²) in [7, 11) is 4.13. The first-order chi connectivity index (χ1) is 14.1. The highest BCUT2D eigenvalue weighted by Crippen LogP contribution is 2.37. The van der Waals surface area contributed by atoms with Crippen molar-refractivity contribution in [3.05, 3.63) is 72.3 Å². The molecule has 4 nitrogen and oxygen atoms in total. The van der Waals surface area contributed by atoms with E-state index < -0.39 is 0 Å². The number of piperidine rings is 1. The van der Waals surface area contributed by atoms with E-state index in [-0.39, 0.29) is 5.82 Å². The molecule has 2 aromatic heterocycles. The van der Waals surface area contributed by atoms with Crippen LogP contribution in [0, 0.1) is 5.82 Å². The summed E-state index contributed by atoms with van der Waals surface area (Å²) in [5.41, 5.74) is 5.64. The van der Waals surface area contributed by atoms with Crippen LogP contribution in [-0.4, -0.2) is 39.4 Å². The van der Waals surface area contributed by atoms with E-state index in [1.165, 1.54) is 23.1 Å². The van der Waals surface area contributed by atoms with Gasteiger partial charge in [0.25, 0.3) is 0 Å². The molecule has 0 N–H and O–H groups in total. The molecule has 0 bridgehead atoms. The summed E-state index contributed by atoms with van der Waals surface area (Å²) >= 11 is 0. The minimum Gasteiger partial charge on any atom is -0.316 e. The van der Waals surface area contributed by atoms with E-state index in [4.69, 9.17) is 0 Å². The SMILES string of the molecule is CN1CCC(c2cn(-c3ccc(F)cc3)c3ccc(-c4ccn(C)n4)cc23)CC1. The average Bonchev–Trinajstić information content (AvgIpc) is 3.33. The molecule has 0 saturated carbocycles. The van der Waals surface area contributed by atoms with Crippen LogP contribution < -0.4 is 0 Å². The Bertz CT molecular complexity index is 1150. The highest BCUT2D eigenvalue weighted by atomic mass is 19.1. The smallest absolute Gasteiger partial charge is 0.123 e. The maximum Gasteiger partial charge on any atom is 0.123 e. The minimum absolute atomic E-state index is 0.210. The van der Waals surface area contributed by atoms with Crippen molar-refractivity contribution in [1.29, 1.82) is 0 Å². The van der Waals surface area contributed by atoms with E-state index in [9.17, 15) is 4.39 Å². The lowest BCUT2D eigenvalue weighted by Crippen LogP contribution is -2.29. The van der Waals surface area contributed by atoms with Gasteiger partial charge < -0.3 is 9.47 Å². The van der Waals surface area contributed by atoms with Crippen LogP contribution >= 0.6 is 0 Å². The van der Waals surface area contributed by atoms with Gasteiger partial charge >= 0.3 is 0 Å². The molecule has 0 amide bonds. The van der Waals surface area contributed by atoms with Gasteiger partial charge in [0.05, 0.1) is 11.2 Å². The first-order valence-corrected chi connectivity index (χ1v) is 10.2. The van der Waals surface area contributed by atoms with Crippen LogP contribution in [-0.2, 0) is 7.05 Å². The molecule has 29 heavy (non-hydrogen) atoms. The molecule has 4 aromatic rings. The number of hydrogen-bond donors (Lipinski definition) is 0. The van der Waals surface area contributed by atoms with Crippen LogP contribution in [0.1, 0.15) is 24.3 Å². The third-order valence-corrected chi connectivity index (χ3v) is 6.11. The number of aryl methyl sites for hydroxylation is 1. The van der Waals surface area contributed by atoms with Crippen molar-refractivity contribution in [2.45, 2.75) is 18.8 Å². The third kappa shape index (κ3) is 3.36. The summed E-state index contributed by atoms with van der Waals surface area (Å²) in [4.78, 5) is 2.40. The largest absolute Gasteiger partial charge is 0.316 e. The topological polar surface area (TPSA) is 26.0 Å². The fraction of sp³-hybridized carbons (Fsp3) is 0.292. The molecule has 3 heterocycles. The lowest BCUT2D eigenvalue weighted by molar-refractivity contribution is 0.256. The molecule has 1 aliphatic heterocycles. The zero-order valence-electron chi connectivity index (χ0n) is 16.8. The number of rotatable bonds is 3. The van der Waals surface area contributed by atoms with Crippen molar-refractivity contribution in [2.75, 3.05) is 20.1 Å². The predicted molar refractivity (Wildman–Crippen MR) is 115 cm³/mol. The predicted octanol–water partition coefficient (Wildman–Crippen LogP) is 4.98. The van der Waals surface area contributed by atoms with Crippen molar-refractivity contribution in [3.63, 3.8) is 0 Å². The van der Waals surface area contributed by atoms with E-state index in [1.807, 2.05) is 36.1 Å². The molecular formula is C24H25FN4. The van der Waals surface area contributed by atoms with E-state index in [0.29, 0.717) is 5.92 Å². The lowest BCUT2D eigenvalue weighted by atomic mass is 9.89. The molecule has 1 fully saturated rings. The fourth-order valence-corrected chi connectivity index (χ4v) is 4.44. The number of aromatic nitrogens is 3. The monoisotopic (exact) mass is 388 g/mol. The lowest BCUT2D eigenvalue weighted by Gasteiger charge is -2.28. The van der Waals surface area contributed by atoms with Crippen molar-refractivity contribution < 1.29 is 4.39 Å². The molecule has 0 radical (unpaired) electrons. The van der Waals surface area contributed by atoms with Gasteiger partial charge in [-0.25, -0.2) is 4.39 Å². The summed E-state index contributed by atoms with van der Waals surface area (Å²) in [5.74, 6) is 0.326. The van der Waals surface area contributed by atoms with E-state index in [2.05, 4.69) is 46.0 Å². The van der Waals surface area contributed by atoms with Crippen LogP contribution in [0.2, 0.25) is 0 Å². The van der Waals surface area contributed by atoms with Gasteiger partial charge in [0.15, 0.2) is 0 Å². The van der Waals surface area contributed by atoms with E-state index >= 15 is 0 Å². The van der Waals surface area contributed by atoms with Crippen LogP contribution in [0.4, 0.5) is 4.39 Å². The second kappa shape index (κ2) is 7.16. The molecule has 0 aliphatic carbocycles. The molecule has 148 valence electrons. The summed E-state index contributed by atoms with van der Waals surface area (Å²) in [6.45, 7) is 2.24. The molecule has 1 saturated heterocycles. The molecular weight excluding hydrogens is 363 g/mol. The fourth-order valence-electron chi connectivity index (χ4n) is 4.44. The Morgan fingerprint density at radius 1 is 0.966 bits per heavy atom. The van der Waals surface area contributed by atoms with Gasteiger partial charge in [-0.15, -0.1) is 0 Å². The first kappa shape index (κ1) is 18.1. The normalized spacial score (nSPS) is 16.0. The second-order valence-corrected chi connectivity index (χ2v) is 8.11. The number of nitrogens with zero attached hydrogens (tertiary/aromatic N) is 4. The molecule has 0 spiro atoms. The maximum atomic E-state index is 13.5. The van der Waals surface area contributed by atoms with Gasteiger partial charge in [0.2, 0.25) is 0 Å². The Labute approximate surface area is 170 Å². The van der Waals surface area contributed by atoms with Gasteiger partial charge in [-0.05, 0) is 86.9 Å². The highest BCUT2D eigenvalue weighted by Gasteiger charge is 2.23. The Morgan fingerprint density at radius 2 is 1.72 bits per heavy atom. The van der Waals surface area contributed by atoms with Gasteiger partial charge in [0.1, 0.15) is 5.82 Å². The molecule has 1 aliphatic rings. The maximum absolute atomic E-state index is 13.5. The van der Waals surface area contributed by atoms with Crippen LogP contribution in [0.3, 0.4) is 0 Å². The number of benzene rings is 2. The molecule has 0 atom stereocenters. The molecule has 0 unspecified atom stereocenters. The quantitative estimate of drug-likeness (QED) is 0.495. The third-order valence-electron chi connectivity index (χ3n) is 6.11. The van der Waals surface area contributed by atoms with Crippen LogP contribution in [0.5, 0.6) is 0 Å². The first-order valence-electron chi connectivity index (χ1n) is 10.2. The van der Waals surface area contributed by atoms with Crippen molar-refractivity contribution in [2.24, 2.45) is 7.05 Å². The summed E-state index contributed by atoms with van der Waals surface area (Å²) < 4.78 is 17.5. The van der Waals surface area contributed by atoms with Gasteiger partial charge in [-0.1, -0.05) is 6.07 Å². The van der Waals surface area contributed by atoms with Gasteiger partial charge in [-0.3, -0.25) is 4.68 Å². The standard InChI is InChI=1S/C24H25FN4/c1-27-12-9-17(10-13-27)22-16-29(20-6-4-19(25)5-7-20)24-8-3-18(15-21(22)24)23-11-14-28(2)26-23/h3-8,11,14-17H,9-10,12-13H2,1-2H3. The Hall–Kier alpha value is -2.92. The number of halogens is 1. The minimum atomic E-state index is -0.210. The molecule has 5 rings (SSSR count). The highest BCUT2D eigenvalue weighted by molar-refractivity contribution is 5.90. The van der Waals surface area contributed by atoms with Crippen molar-refractivity contribution >= 4 is 10.9 Å². The molecule has 5 heteroatoms. The number of hydrogen-bond acceptors (Lipinski definition) is 2. The van der Waals surface area contributed by atoms with Gasteiger partial charge in [-0.2, -0.15) is 5.10 Å². The van der Waals surface area contributed by atoms with Crippen molar-refractivity contribution in [1.82, 2.24) is 19.2 Å². The zero-order valence-corrected chi connectivity index (χ0v) is 16.8. The van der Waals surface area contributed by atoms with Gasteiger partial charge in [0, 0.05) is 36.1 Å². The summed E-state index contributed by atoms with van der Waals surface area (Å²) in [6.07, 6.45) is 6.55. The Morgan fingerprint density at radius 3 is 2.41 bits per heavy atom. The van der Waals surface area contributed by atoms with Crippen LogP contribution in [0.25, 0.3) is 27.8 Å². The van der Waals surface area contributed by atoms with Crippen molar-refractivity contribution in [3.8, 4) is 16.9 Å². The summed E-state index contributed by atoms with van der Waals surface area (Å²) in [6, 6.07) is 15.4. The number of likely N-dealkylation sites (tertiary alicyclic amines) is 1. The summed E-state index contributed by atoms with van der Waals surface area (Å²) in [5, 5.41) is 5.85. The zero-order chi connectivity index (χ0) is 20.0.